The first-order valence-electron chi connectivity index (χ1n) is 8.35. The number of hydrogen-bond acceptors (Lipinski definition) is 7. The van der Waals surface area contributed by atoms with Crippen LogP contribution in [0, 0.1) is 6.92 Å². The summed E-state index contributed by atoms with van der Waals surface area (Å²) in [6, 6.07) is 17.5. The minimum atomic E-state index is 0.139. The molecule has 8 nitrogen and oxygen atoms in total. The average molecular weight is 364 g/mol. The second-order valence-electron chi connectivity index (χ2n) is 5.74. The standard InChI is InChI=1S/C19H20N6O2/c1-14-9-7-8-12-16(14)17(21-26-3)13-27-22-18(15-10-5-4-6-11-15)19-20-23-24-25(19)2/h4-12H,13H2,1-3H3/b21-17-,22-18-. The average Bonchev–Trinajstić information content (AvgIpc) is 3.11. The number of benzene rings is 2. The molecule has 0 aliphatic heterocycles. The molecule has 0 spiro atoms. The van der Waals surface area contributed by atoms with E-state index >= 15 is 0 Å². The van der Waals surface area contributed by atoms with Crippen LogP contribution in [0.4, 0.5) is 0 Å². The lowest BCUT2D eigenvalue weighted by atomic mass is 10.1. The first-order valence-corrected chi connectivity index (χ1v) is 8.35. The Kier molecular flexibility index (Phi) is 5.88. The van der Waals surface area contributed by atoms with Crippen LogP contribution in [0.2, 0.25) is 0 Å². The van der Waals surface area contributed by atoms with Crippen molar-refractivity contribution in [2.24, 2.45) is 17.4 Å². The van der Waals surface area contributed by atoms with Gasteiger partial charge in [0.2, 0.25) is 5.82 Å². The molecule has 0 aliphatic rings. The normalized spacial score (nSPS) is 12.1. The Labute approximate surface area is 157 Å². The first-order chi connectivity index (χ1) is 13.2. The summed E-state index contributed by atoms with van der Waals surface area (Å²) in [7, 11) is 3.25. The molecule has 0 saturated carbocycles. The van der Waals surface area contributed by atoms with Gasteiger partial charge in [-0.1, -0.05) is 64.9 Å². The van der Waals surface area contributed by atoms with Gasteiger partial charge in [0, 0.05) is 18.2 Å². The van der Waals surface area contributed by atoms with E-state index in [2.05, 4.69) is 25.8 Å². The van der Waals surface area contributed by atoms with Crippen LogP contribution < -0.4 is 0 Å². The van der Waals surface area contributed by atoms with Gasteiger partial charge in [-0.25, -0.2) is 4.68 Å². The minimum absolute atomic E-state index is 0.139. The molecular formula is C19H20N6O2. The van der Waals surface area contributed by atoms with Gasteiger partial charge in [-0.05, 0) is 22.9 Å². The smallest absolute Gasteiger partial charge is 0.204 e. The molecule has 3 aromatic rings. The summed E-state index contributed by atoms with van der Waals surface area (Å²) in [6.07, 6.45) is 0. The summed E-state index contributed by atoms with van der Waals surface area (Å²) >= 11 is 0. The van der Waals surface area contributed by atoms with E-state index in [1.165, 1.54) is 7.11 Å². The van der Waals surface area contributed by atoms with Crippen LogP contribution in [-0.2, 0) is 16.7 Å². The molecule has 8 heteroatoms. The van der Waals surface area contributed by atoms with Gasteiger partial charge in [-0.15, -0.1) is 5.10 Å². The number of nitrogens with zero attached hydrogens (tertiary/aromatic N) is 6. The van der Waals surface area contributed by atoms with E-state index in [1.54, 1.807) is 11.7 Å². The second kappa shape index (κ2) is 8.70. The molecule has 0 N–H and O–H groups in total. The van der Waals surface area contributed by atoms with Crippen molar-refractivity contribution >= 4 is 11.4 Å². The van der Waals surface area contributed by atoms with E-state index in [4.69, 9.17) is 9.68 Å². The van der Waals surface area contributed by atoms with Crippen molar-refractivity contribution in [2.75, 3.05) is 13.7 Å². The fourth-order valence-electron chi connectivity index (χ4n) is 2.57. The number of aromatic nitrogens is 4. The van der Waals surface area contributed by atoms with Crippen LogP contribution >= 0.6 is 0 Å². The monoisotopic (exact) mass is 364 g/mol. The van der Waals surface area contributed by atoms with Gasteiger partial charge in [0.1, 0.15) is 12.8 Å². The van der Waals surface area contributed by atoms with Gasteiger partial charge >= 0.3 is 0 Å². The topological polar surface area (TPSA) is 86.8 Å². The Balaban J connectivity index is 1.87. The van der Waals surface area contributed by atoms with Crippen molar-refractivity contribution in [3.8, 4) is 0 Å². The molecular weight excluding hydrogens is 344 g/mol. The number of rotatable bonds is 7. The summed E-state index contributed by atoms with van der Waals surface area (Å²) in [5, 5.41) is 20.0. The molecule has 0 amide bonds. The third-order valence-corrected chi connectivity index (χ3v) is 3.89. The lowest BCUT2D eigenvalue weighted by molar-refractivity contribution is 0.173. The second-order valence-corrected chi connectivity index (χ2v) is 5.74. The molecule has 138 valence electrons. The third kappa shape index (κ3) is 4.35. The fourth-order valence-corrected chi connectivity index (χ4v) is 2.57. The molecule has 0 radical (unpaired) electrons. The Morgan fingerprint density at radius 2 is 1.78 bits per heavy atom. The van der Waals surface area contributed by atoms with Crippen LogP contribution in [0.3, 0.4) is 0 Å². The van der Waals surface area contributed by atoms with Gasteiger partial charge in [0.25, 0.3) is 0 Å². The van der Waals surface area contributed by atoms with Gasteiger partial charge < -0.3 is 9.68 Å². The molecule has 27 heavy (non-hydrogen) atoms. The van der Waals surface area contributed by atoms with Gasteiger partial charge in [0.15, 0.2) is 12.3 Å². The molecule has 0 fully saturated rings. The molecule has 0 saturated heterocycles. The van der Waals surface area contributed by atoms with Crippen molar-refractivity contribution in [2.45, 2.75) is 6.92 Å². The maximum Gasteiger partial charge on any atom is 0.204 e. The summed E-state index contributed by atoms with van der Waals surface area (Å²) in [5.74, 6) is 0.502. The zero-order chi connectivity index (χ0) is 19.1. The van der Waals surface area contributed by atoms with E-state index in [9.17, 15) is 0 Å². The van der Waals surface area contributed by atoms with Crippen molar-refractivity contribution in [3.63, 3.8) is 0 Å². The molecule has 0 atom stereocenters. The van der Waals surface area contributed by atoms with Crippen molar-refractivity contribution in [1.82, 2.24) is 20.2 Å². The Hall–Kier alpha value is -3.55. The van der Waals surface area contributed by atoms with Crippen LogP contribution in [0.5, 0.6) is 0 Å². The highest BCUT2D eigenvalue weighted by molar-refractivity contribution is 6.10. The molecule has 3 rings (SSSR count). The SMILES string of the molecule is CO/N=C(/CO/N=C(/c1ccccc1)c1nnnn1C)c1ccccc1C. The molecule has 2 aromatic carbocycles. The van der Waals surface area contributed by atoms with E-state index < -0.39 is 0 Å². The zero-order valence-electron chi connectivity index (χ0n) is 15.4. The van der Waals surface area contributed by atoms with Crippen LogP contribution in [0.1, 0.15) is 22.5 Å². The lowest BCUT2D eigenvalue weighted by Crippen LogP contribution is -2.15. The largest absolute Gasteiger partial charge is 0.399 e. The van der Waals surface area contributed by atoms with E-state index in [0.29, 0.717) is 17.2 Å². The van der Waals surface area contributed by atoms with Gasteiger partial charge in [-0.3, -0.25) is 0 Å². The number of aryl methyl sites for hydroxylation is 2. The predicted molar refractivity (Wildman–Crippen MR) is 102 cm³/mol. The molecule has 1 aromatic heterocycles. The number of oxime groups is 2. The van der Waals surface area contributed by atoms with Crippen LogP contribution in [-0.4, -0.2) is 45.3 Å². The minimum Gasteiger partial charge on any atom is -0.399 e. The molecule has 1 heterocycles. The maximum atomic E-state index is 5.62. The zero-order valence-corrected chi connectivity index (χ0v) is 15.4. The van der Waals surface area contributed by atoms with E-state index in [0.717, 1.165) is 16.7 Å². The van der Waals surface area contributed by atoms with Crippen molar-refractivity contribution in [3.05, 3.63) is 77.1 Å². The number of tetrazole rings is 1. The van der Waals surface area contributed by atoms with Crippen molar-refractivity contribution in [1.29, 1.82) is 0 Å². The first kappa shape index (κ1) is 18.2. The number of hydrogen-bond donors (Lipinski definition) is 0. The third-order valence-electron chi connectivity index (χ3n) is 3.89. The summed E-state index contributed by atoms with van der Waals surface area (Å²) in [6.45, 7) is 2.14. The Morgan fingerprint density at radius 1 is 1.04 bits per heavy atom. The van der Waals surface area contributed by atoms with E-state index in [1.807, 2.05) is 61.5 Å². The van der Waals surface area contributed by atoms with Crippen molar-refractivity contribution < 1.29 is 9.68 Å². The summed E-state index contributed by atoms with van der Waals surface area (Å²) in [5.41, 5.74) is 4.03. The maximum absolute atomic E-state index is 5.62. The van der Waals surface area contributed by atoms with Gasteiger partial charge in [-0.2, -0.15) is 0 Å². The van der Waals surface area contributed by atoms with E-state index in [-0.39, 0.29) is 6.61 Å². The van der Waals surface area contributed by atoms with Crippen LogP contribution in [0.25, 0.3) is 0 Å². The lowest BCUT2D eigenvalue weighted by Gasteiger charge is -2.09. The fraction of sp³-hybridized carbons (Fsp3) is 0.211. The molecule has 0 unspecified atom stereocenters. The highest BCUT2D eigenvalue weighted by Crippen LogP contribution is 2.11. The highest BCUT2D eigenvalue weighted by atomic mass is 16.6. The Bertz CT molecular complexity index is 950. The quantitative estimate of drug-likeness (QED) is 0.474. The molecule has 0 aliphatic carbocycles. The molecule has 0 bridgehead atoms. The summed E-state index contributed by atoms with van der Waals surface area (Å²) in [4.78, 5) is 10.6. The van der Waals surface area contributed by atoms with Gasteiger partial charge in [0.05, 0.1) is 0 Å². The predicted octanol–water partition coefficient (Wildman–Crippen LogP) is 2.34. The highest BCUT2D eigenvalue weighted by Gasteiger charge is 2.15. The van der Waals surface area contributed by atoms with Crippen LogP contribution in [0.15, 0.2) is 64.9 Å². The Morgan fingerprint density at radius 3 is 2.44 bits per heavy atom. The summed E-state index contributed by atoms with van der Waals surface area (Å²) < 4.78 is 1.54.